The highest BCUT2D eigenvalue weighted by atomic mass is 15.2. The van der Waals surface area contributed by atoms with E-state index in [1.165, 1.54) is 0 Å². The Hall–Kier alpha value is -1.18. The first-order valence-electron chi connectivity index (χ1n) is 6.33. The molecule has 2 unspecified atom stereocenters. The summed E-state index contributed by atoms with van der Waals surface area (Å²) in [7, 11) is 0. The molecule has 0 radical (unpaired) electrons. The van der Waals surface area contributed by atoms with E-state index in [2.05, 4.69) is 22.8 Å². The van der Waals surface area contributed by atoms with Gasteiger partial charge in [-0.05, 0) is 13.8 Å². The molecule has 0 rings (SSSR count). The zero-order valence-corrected chi connectivity index (χ0v) is 11.3. The maximum Gasteiger partial charge on any atom is 0.0960 e. The minimum atomic E-state index is -0.239. The molecule has 0 fully saturated rings. The van der Waals surface area contributed by atoms with Crippen molar-refractivity contribution in [3.63, 3.8) is 0 Å². The Morgan fingerprint density at radius 1 is 1.00 bits per heavy atom. The van der Waals surface area contributed by atoms with Gasteiger partial charge in [0.05, 0.1) is 24.2 Å². The van der Waals surface area contributed by atoms with Gasteiger partial charge in [0.25, 0.3) is 0 Å². The van der Waals surface area contributed by atoms with Gasteiger partial charge in [-0.2, -0.15) is 10.5 Å². The molecule has 0 heterocycles. The Kier molecular flexibility index (Phi) is 10.2. The van der Waals surface area contributed by atoms with Crippen LogP contribution in [0.4, 0.5) is 0 Å². The van der Waals surface area contributed by atoms with E-state index in [1.807, 2.05) is 18.7 Å². The molecule has 0 saturated heterocycles. The smallest absolute Gasteiger partial charge is 0.0960 e. The summed E-state index contributed by atoms with van der Waals surface area (Å²) >= 11 is 0. The lowest BCUT2D eigenvalue weighted by atomic mass is 10.2. The fraction of sp³-hybridized carbons (Fsp3) is 0.833. The monoisotopic (exact) mass is 252 g/mol. The summed E-state index contributed by atoms with van der Waals surface area (Å²) in [5.74, 6) is 0. The van der Waals surface area contributed by atoms with Gasteiger partial charge in [0.15, 0.2) is 0 Å². The van der Waals surface area contributed by atoms with Crippen LogP contribution in [0.5, 0.6) is 0 Å². The van der Waals surface area contributed by atoms with Crippen LogP contribution < -0.4 is 16.4 Å². The predicted molar refractivity (Wildman–Crippen MR) is 71.6 cm³/mol. The molecule has 0 aromatic rings. The van der Waals surface area contributed by atoms with Crippen molar-refractivity contribution in [2.45, 2.75) is 25.9 Å². The Morgan fingerprint density at radius 2 is 1.50 bits per heavy atom. The fourth-order valence-electron chi connectivity index (χ4n) is 1.61. The van der Waals surface area contributed by atoms with Crippen molar-refractivity contribution in [2.75, 3.05) is 39.3 Å². The summed E-state index contributed by atoms with van der Waals surface area (Å²) in [6.07, 6.45) is 0. The Balaban J connectivity index is 3.79. The first-order valence-corrected chi connectivity index (χ1v) is 6.33. The van der Waals surface area contributed by atoms with Gasteiger partial charge in [-0.3, -0.25) is 4.90 Å². The summed E-state index contributed by atoms with van der Waals surface area (Å²) in [6.45, 7) is 8.29. The van der Waals surface area contributed by atoms with Crippen LogP contribution in [0.1, 0.15) is 13.8 Å². The SMILES string of the molecule is CC(C#N)N(CCNCCNCCN)C(C)C#N. The highest BCUT2D eigenvalue weighted by Gasteiger charge is 2.18. The lowest BCUT2D eigenvalue weighted by molar-refractivity contribution is 0.219. The van der Waals surface area contributed by atoms with Crippen molar-refractivity contribution < 1.29 is 0 Å². The van der Waals surface area contributed by atoms with Crippen LogP contribution in [-0.4, -0.2) is 56.3 Å². The van der Waals surface area contributed by atoms with Crippen molar-refractivity contribution >= 4 is 0 Å². The normalized spacial score (nSPS) is 13.9. The zero-order valence-electron chi connectivity index (χ0n) is 11.3. The van der Waals surface area contributed by atoms with Gasteiger partial charge in [-0.1, -0.05) is 0 Å². The molecule has 6 heteroatoms. The largest absolute Gasteiger partial charge is 0.329 e. The van der Waals surface area contributed by atoms with Crippen molar-refractivity contribution in [3.8, 4) is 12.1 Å². The summed E-state index contributed by atoms with van der Waals surface area (Å²) in [6, 6.07) is 3.86. The van der Waals surface area contributed by atoms with Crippen LogP contribution in [0.15, 0.2) is 0 Å². The molecule has 0 aromatic heterocycles. The zero-order chi connectivity index (χ0) is 13.8. The Bertz CT molecular complexity index is 259. The van der Waals surface area contributed by atoms with Crippen LogP contribution in [0.25, 0.3) is 0 Å². The maximum atomic E-state index is 8.91. The molecule has 0 spiro atoms. The third-order valence-corrected chi connectivity index (χ3v) is 2.72. The van der Waals surface area contributed by atoms with Crippen molar-refractivity contribution in [1.82, 2.24) is 15.5 Å². The first-order chi connectivity index (χ1) is 8.67. The molecule has 2 atom stereocenters. The highest BCUT2D eigenvalue weighted by Crippen LogP contribution is 2.03. The number of rotatable bonds is 10. The molecular weight excluding hydrogens is 228 g/mol. The Morgan fingerprint density at radius 3 is 1.94 bits per heavy atom. The third-order valence-electron chi connectivity index (χ3n) is 2.72. The molecule has 6 nitrogen and oxygen atoms in total. The summed E-state index contributed by atoms with van der Waals surface area (Å²) in [4.78, 5) is 1.89. The average molecular weight is 252 g/mol. The number of nitrogens with one attached hydrogen (secondary N) is 2. The van der Waals surface area contributed by atoms with Crippen LogP contribution in [0, 0.1) is 22.7 Å². The van der Waals surface area contributed by atoms with Gasteiger partial charge in [-0.15, -0.1) is 0 Å². The van der Waals surface area contributed by atoms with Gasteiger partial charge in [0.1, 0.15) is 0 Å². The molecule has 0 bridgehead atoms. The minimum absolute atomic E-state index is 0.239. The number of hydrogen-bond donors (Lipinski definition) is 3. The fourth-order valence-corrected chi connectivity index (χ4v) is 1.61. The lowest BCUT2D eigenvalue weighted by Crippen LogP contribution is -2.43. The summed E-state index contributed by atoms with van der Waals surface area (Å²) in [5, 5.41) is 24.3. The van der Waals surface area contributed by atoms with Crippen molar-refractivity contribution in [3.05, 3.63) is 0 Å². The summed E-state index contributed by atoms with van der Waals surface area (Å²) < 4.78 is 0. The van der Waals surface area contributed by atoms with Crippen molar-refractivity contribution in [2.24, 2.45) is 5.73 Å². The van der Waals surface area contributed by atoms with Gasteiger partial charge < -0.3 is 16.4 Å². The van der Waals surface area contributed by atoms with E-state index in [-0.39, 0.29) is 12.1 Å². The second-order valence-corrected chi connectivity index (χ2v) is 4.14. The number of nitrogens with two attached hydrogens (primary N) is 1. The maximum absolute atomic E-state index is 8.91. The number of nitriles is 2. The van der Waals surface area contributed by atoms with E-state index in [4.69, 9.17) is 16.3 Å². The van der Waals surface area contributed by atoms with Crippen molar-refractivity contribution in [1.29, 1.82) is 10.5 Å². The lowest BCUT2D eigenvalue weighted by Gasteiger charge is -2.26. The summed E-state index contributed by atoms with van der Waals surface area (Å²) in [5.41, 5.74) is 5.36. The number of nitrogens with zero attached hydrogens (tertiary/aromatic N) is 3. The molecule has 0 amide bonds. The van der Waals surface area contributed by atoms with E-state index in [0.29, 0.717) is 13.1 Å². The third kappa shape index (κ3) is 7.21. The molecule has 4 N–H and O–H groups in total. The predicted octanol–water partition coefficient (Wildman–Crippen LogP) is -0.750. The van der Waals surface area contributed by atoms with E-state index in [9.17, 15) is 0 Å². The highest BCUT2D eigenvalue weighted by molar-refractivity contribution is 4.97. The Labute approximate surface area is 110 Å². The van der Waals surface area contributed by atoms with Gasteiger partial charge in [0, 0.05) is 39.3 Å². The van der Waals surface area contributed by atoms with E-state index in [1.54, 1.807) is 0 Å². The van der Waals surface area contributed by atoms with Gasteiger partial charge >= 0.3 is 0 Å². The van der Waals surface area contributed by atoms with Crippen LogP contribution in [0.3, 0.4) is 0 Å². The molecule has 0 aliphatic rings. The molecule has 0 saturated carbocycles. The topological polar surface area (TPSA) is 101 Å². The van der Waals surface area contributed by atoms with Gasteiger partial charge in [0.2, 0.25) is 0 Å². The quantitative estimate of drug-likeness (QED) is 0.442. The minimum Gasteiger partial charge on any atom is -0.329 e. The second kappa shape index (κ2) is 10.9. The molecule has 18 heavy (non-hydrogen) atoms. The average Bonchev–Trinajstić information content (AvgIpc) is 2.40. The standard InChI is InChI=1S/C12H24N6/c1-11(9-14)18(12(2)10-15)8-7-17-6-5-16-4-3-13/h11-12,16-17H,3-8,13H2,1-2H3. The number of hydrogen-bond acceptors (Lipinski definition) is 6. The first kappa shape index (κ1) is 16.8. The van der Waals surface area contributed by atoms with E-state index < -0.39 is 0 Å². The van der Waals surface area contributed by atoms with E-state index >= 15 is 0 Å². The van der Waals surface area contributed by atoms with Crippen LogP contribution in [0.2, 0.25) is 0 Å². The molecule has 102 valence electrons. The van der Waals surface area contributed by atoms with Crippen LogP contribution >= 0.6 is 0 Å². The molecular formula is C12H24N6. The molecule has 0 aliphatic carbocycles. The molecule has 0 aromatic carbocycles. The second-order valence-electron chi connectivity index (χ2n) is 4.14. The van der Waals surface area contributed by atoms with Gasteiger partial charge in [-0.25, -0.2) is 0 Å². The van der Waals surface area contributed by atoms with Crippen LogP contribution in [-0.2, 0) is 0 Å². The van der Waals surface area contributed by atoms with E-state index in [0.717, 1.165) is 26.2 Å². The molecule has 0 aliphatic heterocycles.